The van der Waals surface area contributed by atoms with Crippen molar-refractivity contribution >= 4 is 0 Å². The van der Waals surface area contributed by atoms with E-state index in [0.29, 0.717) is 23.8 Å². The minimum Gasteiger partial charge on any atom is -0.491 e. The van der Waals surface area contributed by atoms with Gasteiger partial charge < -0.3 is 14.9 Å². The molecular formula is C16H22N2O3. The molecule has 5 nitrogen and oxygen atoms in total. The van der Waals surface area contributed by atoms with Crippen molar-refractivity contribution in [2.24, 2.45) is 5.92 Å². The number of rotatable bonds is 6. The zero-order valence-corrected chi connectivity index (χ0v) is 12.3. The molecule has 1 aliphatic heterocycles. The summed E-state index contributed by atoms with van der Waals surface area (Å²) >= 11 is 0. The Morgan fingerprint density at radius 2 is 2.33 bits per heavy atom. The van der Waals surface area contributed by atoms with Crippen LogP contribution < -0.4 is 4.74 Å². The van der Waals surface area contributed by atoms with Crippen molar-refractivity contribution in [3.8, 4) is 11.8 Å². The molecule has 0 spiro atoms. The molecule has 1 aromatic rings. The van der Waals surface area contributed by atoms with Gasteiger partial charge in [-0.05, 0) is 37.1 Å². The van der Waals surface area contributed by atoms with Crippen molar-refractivity contribution in [2.75, 3.05) is 26.3 Å². The first-order chi connectivity index (χ1) is 10.1. The van der Waals surface area contributed by atoms with Gasteiger partial charge in [0.25, 0.3) is 0 Å². The van der Waals surface area contributed by atoms with Crippen molar-refractivity contribution in [2.45, 2.75) is 25.5 Å². The lowest BCUT2D eigenvalue weighted by molar-refractivity contribution is 0.0481. The van der Waals surface area contributed by atoms with E-state index in [0.717, 1.165) is 13.0 Å². The molecule has 1 aromatic carbocycles. The fourth-order valence-corrected chi connectivity index (χ4v) is 2.78. The molecule has 1 heterocycles. The van der Waals surface area contributed by atoms with E-state index in [9.17, 15) is 10.2 Å². The maximum Gasteiger partial charge on any atom is 0.120 e. The van der Waals surface area contributed by atoms with Gasteiger partial charge in [-0.2, -0.15) is 5.26 Å². The van der Waals surface area contributed by atoms with Crippen LogP contribution in [0.3, 0.4) is 0 Å². The van der Waals surface area contributed by atoms with Gasteiger partial charge in [0.15, 0.2) is 0 Å². The van der Waals surface area contributed by atoms with Gasteiger partial charge in [-0.25, -0.2) is 0 Å². The number of nitriles is 1. The average molecular weight is 290 g/mol. The van der Waals surface area contributed by atoms with E-state index in [1.807, 2.05) is 0 Å². The summed E-state index contributed by atoms with van der Waals surface area (Å²) < 4.78 is 5.53. The molecule has 5 heteroatoms. The number of β-amino-alcohol motifs (C(OH)–C–C–N with tert-alkyl or cyclic N) is 1. The van der Waals surface area contributed by atoms with Crippen LogP contribution in [-0.2, 0) is 0 Å². The summed E-state index contributed by atoms with van der Waals surface area (Å²) in [6.07, 6.45) is 0.429. The van der Waals surface area contributed by atoms with Crippen LogP contribution in [0.1, 0.15) is 18.9 Å². The third-order valence-electron chi connectivity index (χ3n) is 4.04. The van der Waals surface area contributed by atoms with Crippen LogP contribution in [0.4, 0.5) is 0 Å². The molecule has 0 saturated carbocycles. The zero-order valence-electron chi connectivity index (χ0n) is 12.3. The van der Waals surface area contributed by atoms with Gasteiger partial charge in [0.1, 0.15) is 18.5 Å². The van der Waals surface area contributed by atoms with Crippen LogP contribution in [0.15, 0.2) is 24.3 Å². The van der Waals surface area contributed by atoms with Gasteiger partial charge in [-0.15, -0.1) is 0 Å². The fraction of sp³-hybridized carbons (Fsp3) is 0.562. The van der Waals surface area contributed by atoms with Crippen molar-refractivity contribution in [3.63, 3.8) is 0 Å². The number of nitrogens with zero attached hydrogens (tertiary/aromatic N) is 2. The van der Waals surface area contributed by atoms with E-state index < -0.39 is 6.10 Å². The molecule has 1 fully saturated rings. The lowest BCUT2D eigenvalue weighted by atomic mass is 10.0. The Balaban J connectivity index is 1.82. The first-order valence-electron chi connectivity index (χ1n) is 7.30. The van der Waals surface area contributed by atoms with E-state index >= 15 is 0 Å². The van der Waals surface area contributed by atoms with Gasteiger partial charge in [-0.1, -0.05) is 13.0 Å². The van der Waals surface area contributed by atoms with E-state index in [1.54, 1.807) is 24.3 Å². The second-order valence-corrected chi connectivity index (χ2v) is 5.62. The van der Waals surface area contributed by atoms with Gasteiger partial charge in [0.2, 0.25) is 0 Å². The SMILES string of the molecule is CC1CCN(CC(O)COc2cccc(C#N)c2)C1CO. The Bertz CT molecular complexity index is 501. The van der Waals surface area contributed by atoms with Crippen LogP contribution >= 0.6 is 0 Å². The zero-order chi connectivity index (χ0) is 15.2. The second-order valence-electron chi connectivity index (χ2n) is 5.62. The molecule has 114 valence electrons. The van der Waals surface area contributed by atoms with Crippen molar-refractivity contribution in [1.29, 1.82) is 5.26 Å². The molecule has 0 aromatic heterocycles. The molecule has 21 heavy (non-hydrogen) atoms. The molecule has 3 unspecified atom stereocenters. The van der Waals surface area contributed by atoms with E-state index in [1.165, 1.54) is 0 Å². The fourth-order valence-electron chi connectivity index (χ4n) is 2.78. The van der Waals surface area contributed by atoms with E-state index in [4.69, 9.17) is 10.00 Å². The predicted octanol–water partition coefficient (Wildman–Crippen LogP) is 1.00. The average Bonchev–Trinajstić information content (AvgIpc) is 2.85. The lowest BCUT2D eigenvalue weighted by Crippen LogP contribution is -2.41. The highest BCUT2D eigenvalue weighted by Gasteiger charge is 2.31. The molecule has 0 radical (unpaired) electrons. The minimum atomic E-state index is -0.616. The number of aliphatic hydroxyl groups excluding tert-OH is 2. The largest absolute Gasteiger partial charge is 0.491 e. The number of ether oxygens (including phenoxy) is 1. The van der Waals surface area contributed by atoms with Crippen molar-refractivity contribution in [3.05, 3.63) is 29.8 Å². The molecule has 2 rings (SSSR count). The van der Waals surface area contributed by atoms with Crippen LogP contribution in [0.2, 0.25) is 0 Å². The quantitative estimate of drug-likeness (QED) is 0.817. The Morgan fingerprint density at radius 3 is 3.05 bits per heavy atom. The smallest absolute Gasteiger partial charge is 0.120 e. The summed E-state index contributed by atoms with van der Waals surface area (Å²) in [6.45, 7) is 3.81. The Labute approximate surface area is 125 Å². The van der Waals surface area contributed by atoms with Crippen LogP contribution in [0.25, 0.3) is 0 Å². The topological polar surface area (TPSA) is 76.7 Å². The lowest BCUT2D eigenvalue weighted by Gasteiger charge is -2.27. The Morgan fingerprint density at radius 1 is 1.52 bits per heavy atom. The number of hydrogen-bond donors (Lipinski definition) is 2. The molecule has 3 atom stereocenters. The first-order valence-corrected chi connectivity index (χ1v) is 7.30. The van der Waals surface area contributed by atoms with Crippen molar-refractivity contribution in [1.82, 2.24) is 4.90 Å². The van der Waals surface area contributed by atoms with E-state index in [-0.39, 0.29) is 19.3 Å². The molecule has 1 aliphatic rings. The van der Waals surface area contributed by atoms with Gasteiger partial charge in [-0.3, -0.25) is 4.90 Å². The number of aliphatic hydroxyl groups is 2. The monoisotopic (exact) mass is 290 g/mol. The Kier molecular flexibility index (Phi) is 5.57. The molecule has 0 amide bonds. The number of likely N-dealkylation sites (tertiary alicyclic amines) is 1. The highest BCUT2D eigenvalue weighted by Crippen LogP contribution is 2.23. The number of benzene rings is 1. The third-order valence-corrected chi connectivity index (χ3v) is 4.04. The predicted molar refractivity (Wildman–Crippen MR) is 78.9 cm³/mol. The van der Waals surface area contributed by atoms with Crippen molar-refractivity contribution < 1.29 is 14.9 Å². The van der Waals surface area contributed by atoms with Gasteiger partial charge in [0, 0.05) is 12.6 Å². The first kappa shape index (κ1) is 15.8. The highest BCUT2D eigenvalue weighted by molar-refractivity contribution is 5.36. The van der Waals surface area contributed by atoms with Crippen LogP contribution in [-0.4, -0.2) is 53.6 Å². The van der Waals surface area contributed by atoms with Crippen LogP contribution in [0, 0.1) is 17.2 Å². The molecule has 2 N–H and O–H groups in total. The highest BCUT2D eigenvalue weighted by atomic mass is 16.5. The summed E-state index contributed by atoms with van der Waals surface area (Å²) in [5.41, 5.74) is 0.538. The van der Waals surface area contributed by atoms with Crippen LogP contribution in [0.5, 0.6) is 5.75 Å². The summed E-state index contributed by atoms with van der Waals surface area (Å²) in [7, 11) is 0. The molecule has 0 bridgehead atoms. The minimum absolute atomic E-state index is 0.124. The molecule has 1 saturated heterocycles. The second kappa shape index (κ2) is 7.41. The van der Waals surface area contributed by atoms with Gasteiger partial charge in [0.05, 0.1) is 18.2 Å². The van der Waals surface area contributed by atoms with Gasteiger partial charge >= 0.3 is 0 Å². The normalized spacial score (nSPS) is 23.7. The maximum absolute atomic E-state index is 10.1. The summed E-state index contributed by atoms with van der Waals surface area (Å²) in [6, 6.07) is 9.06. The summed E-state index contributed by atoms with van der Waals surface area (Å²) in [4.78, 5) is 2.12. The number of hydrogen-bond acceptors (Lipinski definition) is 5. The Hall–Kier alpha value is -1.61. The summed E-state index contributed by atoms with van der Waals surface area (Å²) in [5.74, 6) is 1.04. The standard InChI is InChI=1S/C16H22N2O3/c1-12-5-6-18(16(12)10-19)9-14(20)11-21-15-4-2-3-13(7-15)8-17/h2-4,7,12,14,16,19-20H,5-6,9-11H2,1H3. The molecule has 0 aliphatic carbocycles. The maximum atomic E-state index is 10.1. The summed E-state index contributed by atoms with van der Waals surface area (Å²) in [5, 5.41) is 28.3. The molecular weight excluding hydrogens is 268 g/mol. The van der Waals surface area contributed by atoms with E-state index in [2.05, 4.69) is 17.9 Å². The third kappa shape index (κ3) is 4.18.